The number of anilines is 2. The fourth-order valence-electron chi connectivity index (χ4n) is 2.75. The zero-order valence-corrected chi connectivity index (χ0v) is 10.8. The van der Waals surface area contributed by atoms with E-state index in [2.05, 4.69) is 25.1 Å². The van der Waals surface area contributed by atoms with Crippen molar-refractivity contribution < 1.29 is 0 Å². The molecule has 1 aromatic heterocycles. The minimum atomic E-state index is 1.03. The number of piperidine rings is 1. The van der Waals surface area contributed by atoms with Gasteiger partial charge in [0.05, 0.1) is 0 Å². The lowest BCUT2D eigenvalue weighted by atomic mass is 10.1. The lowest BCUT2D eigenvalue weighted by molar-refractivity contribution is 0.563. The van der Waals surface area contributed by atoms with Crippen LogP contribution in [0.15, 0.2) is 12.4 Å². The summed E-state index contributed by atoms with van der Waals surface area (Å²) in [4.78, 5) is 13.9. The normalized spacial score (nSPS) is 21.1. The number of piperazine rings is 1. The van der Waals surface area contributed by atoms with Crippen molar-refractivity contribution in [2.75, 3.05) is 49.1 Å². The van der Waals surface area contributed by atoms with E-state index < -0.39 is 0 Å². The van der Waals surface area contributed by atoms with Crippen LogP contribution in [0.25, 0.3) is 0 Å². The highest BCUT2D eigenvalue weighted by Gasteiger charge is 2.21. The molecule has 0 spiro atoms. The van der Waals surface area contributed by atoms with Crippen molar-refractivity contribution in [1.29, 1.82) is 0 Å². The predicted octanol–water partition coefficient (Wildman–Crippen LogP) is 0.876. The first-order chi connectivity index (χ1) is 8.95. The molecule has 5 heteroatoms. The first-order valence-corrected chi connectivity index (χ1v) is 6.97. The third kappa shape index (κ3) is 2.41. The van der Waals surface area contributed by atoms with Crippen molar-refractivity contribution in [1.82, 2.24) is 15.3 Å². The van der Waals surface area contributed by atoms with Crippen molar-refractivity contribution in [3.05, 3.63) is 12.4 Å². The lowest BCUT2D eigenvalue weighted by Gasteiger charge is -2.34. The van der Waals surface area contributed by atoms with E-state index in [9.17, 15) is 0 Å². The molecule has 18 heavy (non-hydrogen) atoms. The van der Waals surface area contributed by atoms with Gasteiger partial charge in [-0.15, -0.1) is 0 Å². The SMILES string of the molecule is c1cnc(N2CCNCC2)c(N2CCCCC2)n1. The van der Waals surface area contributed by atoms with Gasteiger partial charge in [-0.1, -0.05) is 0 Å². The number of hydrogen-bond acceptors (Lipinski definition) is 5. The number of nitrogens with one attached hydrogen (secondary N) is 1. The van der Waals surface area contributed by atoms with E-state index in [0.717, 1.165) is 50.9 Å². The second-order valence-corrected chi connectivity index (χ2v) is 4.99. The molecule has 2 fully saturated rings. The van der Waals surface area contributed by atoms with Crippen molar-refractivity contribution >= 4 is 11.6 Å². The van der Waals surface area contributed by atoms with Crippen LogP contribution in [0.2, 0.25) is 0 Å². The van der Waals surface area contributed by atoms with E-state index in [1.165, 1.54) is 19.3 Å². The Morgan fingerprint density at radius 1 is 0.778 bits per heavy atom. The van der Waals surface area contributed by atoms with Gasteiger partial charge in [0.25, 0.3) is 0 Å². The summed E-state index contributed by atoms with van der Waals surface area (Å²) in [6, 6.07) is 0. The molecule has 0 radical (unpaired) electrons. The standard InChI is InChI=1S/C13H21N5/c1-2-8-17(9-3-1)12-13(16-5-4-15-12)18-10-6-14-7-11-18/h4-5,14H,1-3,6-11H2. The Kier molecular flexibility index (Phi) is 3.59. The molecule has 0 atom stereocenters. The fourth-order valence-corrected chi connectivity index (χ4v) is 2.75. The van der Waals surface area contributed by atoms with Gasteiger partial charge in [-0.05, 0) is 19.3 Å². The van der Waals surface area contributed by atoms with Gasteiger partial charge in [0.15, 0.2) is 11.6 Å². The maximum absolute atomic E-state index is 4.58. The van der Waals surface area contributed by atoms with Crippen LogP contribution >= 0.6 is 0 Å². The predicted molar refractivity (Wildman–Crippen MR) is 73.2 cm³/mol. The van der Waals surface area contributed by atoms with E-state index in [1.807, 2.05) is 12.4 Å². The van der Waals surface area contributed by atoms with Gasteiger partial charge in [-0.3, -0.25) is 0 Å². The van der Waals surface area contributed by atoms with Crippen molar-refractivity contribution in [3.8, 4) is 0 Å². The van der Waals surface area contributed by atoms with Gasteiger partial charge < -0.3 is 15.1 Å². The Labute approximate surface area is 108 Å². The number of nitrogens with zero attached hydrogens (tertiary/aromatic N) is 4. The molecule has 0 saturated carbocycles. The summed E-state index contributed by atoms with van der Waals surface area (Å²) in [5, 5.41) is 3.38. The monoisotopic (exact) mass is 247 g/mol. The highest BCUT2D eigenvalue weighted by atomic mass is 15.3. The van der Waals surface area contributed by atoms with Crippen LogP contribution in [0.1, 0.15) is 19.3 Å². The zero-order chi connectivity index (χ0) is 12.2. The molecule has 0 aliphatic carbocycles. The summed E-state index contributed by atoms with van der Waals surface area (Å²) in [6.45, 7) is 6.38. The zero-order valence-electron chi connectivity index (χ0n) is 10.8. The molecule has 3 rings (SSSR count). The second-order valence-electron chi connectivity index (χ2n) is 4.99. The molecule has 0 bridgehead atoms. The molecule has 0 amide bonds. The maximum atomic E-state index is 4.58. The minimum Gasteiger partial charge on any atom is -0.354 e. The van der Waals surface area contributed by atoms with Gasteiger partial charge in [-0.25, -0.2) is 9.97 Å². The van der Waals surface area contributed by atoms with Crippen LogP contribution < -0.4 is 15.1 Å². The molecule has 2 aliphatic heterocycles. The van der Waals surface area contributed by atoms with Gasteiger partial charge in [0.1, 0.15) is 0 Å². The Bertz CT molecular complexity index is 346. The van der Waals surface area contributed by atoms with Crippen LogP contribution in [0.3, 0.4) is 0 Å². The van der Waals surface area contributed by atoms with Gasteiger partial charge >= 0.3 is 0 Å². The quantitative estimate of drug-likeness (QED) is 0.840. The average molecular weight is 247 g/mol. The summed E-state index contributed by atoms with van der Waals surface area (Å²) >= 11 is 0. The highest BCUT2D eigenvalue weighted by molar-refractivity contribution is 5.62. The molecule has 98 valence electrons. The highest BCUT2D eigenvalue weighted by Crippen LogP contribution is 2.26. The van der Waals surface area contributed by atoms with Gasteiger partial charge in [0, 0.05) is 51.7 Å². The van der Waals surface area contributed by atoms with E-state index in [0.29, 0.717) is 0 Å². The fraction of sp³-hybridized carbons (Fsp3) is 0.692. The van der Waals surface area contributed by atoms with Crippen LogP contribution in [0.4, 0.5) is 11.6 Å². The number of rotatable bonds is 2. The number of aromatic nitrogens is 2. The molecule has 3 heterocycles. The summed E-state index contributed by atoms with van der Waals surface area (Å²) in [5.74, 6) is 2.15. The van der Waals surface area contributed by atoms with Gasteiger partial charge in [-0.2, -0.15) is 0 Å². The largest absolute Gasteiger partial charge is 0.354 e. The Balaban J connectivity index is 1.83. The van der Waals surface area contributed by atoms with Crippen LogP contribution in [-0.4, -0.2) is 49.2 Å². The molecule has 2 aliphatic rings. The van der Waals surface area contributed by atoms with E-state index in [-0.39, 0.29) is 0 Å². The van der Waals surface area contributed by atoms with Crippen LogP contribution in [0.5, 0.6) is 0 Å². The second kappa shape index (κ2) is 5.52. The van der Waals surface area contributed by atoms with Crippen molar-refractivity contribution in [3.63, 3.8) is 0 Å². The van der Waals surface area contributed by atoms with Crippen molar-refractivity contribution in [2.24, 2.45) is 0 Å². The Morgan fingerprint density at radius 2 is 1.33 bits per heavy atom. The summed E-state index contributed by atoms with van der Waals surface area (Å²) in [7, 11) is 0. The van der Waals surface area contributed by atoms with Crippen LogP contribution in [-0.2, 0) is 0 Å². The Hall–Kier alpha value is -1.36. The van der Waals surface area contributed by atoms with Gasteiger partial charge in [0.2, 0.25) is 0 Å². The molecular formula is C13H21N5. The summed E-state index contributed by atoms with van der Waals surface area (Å²) < 4.78 is 0. The molecule has 1 N–H and O–H groups in total. The minimum absolute atomic E-state index is 1.03. The first-order valence-electron chi connectivity index (χ1n) is 6.97. The maximum Gasteiger partial charge on any atom is 0.172 e. The molecule has 5 nitrogen and oxygen atoms in total. The van der Waals surface area contributed by atoms with Crippen LogP contribution in [0, 0.1) is 0 Å². The third-order valence-electron chi connectivity index (χ3n) is 3.73. The van der Waals surface area contributed by atoms with E-state index in [1.54, 1.807) is 0 Å². The Morgan fingerprint density at radius 3 is 1.94 bits per heavy atom. The molecular weight excluding hydrogens is 226 g/mol. The van der Waals surface area contributed by atoms with E-state index in [4.69, 9.17) is 0 Å². The smallest absolute Gasteiger partial charge is 0.172 e. The molecule has 1 aromatic rings. The summed E-state index contributed by atoms with van der Waals surface area (Å²) in [6.07, 6.45) is 7.52. The molecule has 0 aromatic carbocycles. The first kappa shape index (κ1) is 11.7. The van der Waals surface area contributed by atoms with E-state index >= 15 is 0 Å². The lowest BCUT2D eigenvalue weighted by Crippen LogP contribution is -2.45. The summed E-state index contributed by atoms with van der Waals surface area (Å²) in [5.41, 5.74) is 0. The third-order valence-corrected chi connectivity index (χ3v) is 3.73. The molecule has 0 unspecified atom stereocenters. The average Bonchev–Trinajstić information content (AvgIpc) is 2.49. The number of hydrogen-bond donors (Lipinski definition) is 1. The van der Waals surface area contributed by atoms with Crippen molar-refractivity contribution in [2.45, 2.75) is 19.3 Å². The molecule has 2 saturated heterocycles. The topological polar surface area (TPSA) is 44.3 Å².